The van der Waals surface area contributed by atoms with E-state index in [-0.39, 0.29) is 31.3 Å². The maximum Gasteiger partial charge on any atom is 0.246 e. The number of allylic oxidation sites excluding steroid dienone is 4. The van der Waals surface area contributed by atoms with Crippen molar-refractivity contribution >= 4 is 35.0 Å². The van der Waals surface area contributed by atoms with E-state index in [1.165, 1.54) is 39.3 Å². The largest absolute Gasteiger partial charge is 0.390 e. The number of aromatic nitrogens is 2. The van der Waals surface area contributed by atoms with Gasteiger partial charge in [-0.2, -0.15) is 0 Å². The number of H-pyrrole nitrogens is 1. The standard InChI is InChI=1S/C47H54F2N6O9/c1-24(54-42(62)36(50)16-30-21-51-23-52-30)40(60)53-25(2)41(61)55-29-7-5-6-27(15-29)14-26-8-10-28(11-9-26)43-63-39-19-32-33-18-35(48)34-17-31(57)12-13-44(34,3)46(33,49)37(58)20-45(32,4)47(39,64-43)38(59)22-56/h5-13,15,17,21,23-25,32-33,35-37,39,43,56,58H,14,16,18-20,22,50H2,1-4H3,(H,51,52)(H,53,60)(H,54,62)(H,55,61)/t24-,25-,32-,33-,35-,36-,37-,39+,43+,44-,45-,46-,47+/m0/s1. The van der Waals surface area contributed by atoms with E-state index in [4.69, 9.17) is 15.2 Å². The molecule has 2 heterocycles. The van der Waals surface area contributed by atoms with Gasteiger partial charge in [-0.05, 0) is 93.4 Å². The number of carbonyl (C=O) groups is 5. The minimum atomic E-state index is -2.35. The van der Waals surface area contributed by atoms with Crippen LogP contribution in [0.3, 0.4) is 0 Å². The zero-order valence-electron chi connectivity index (χ0n) is 36.0. The molecular weight excluding hydrogens is 831 g/mol. The Morgan fingerprint density at radius 1 is 1.00 bits per heavy atom. The Balaban J connectivity index is 0.900. The third-order valence-electron chi connectivity index (χ3n) is 14.6. The number of hydrogen-bond donors (Lipinski definition) is 7. The van der Waals surface area contributed by atoms with E-state index in [2.05, 4.69) is 25.9 Å². The topological polar surface area (TPSA) is 235 Å². The molecule has 64 heavy (non-hydrogen) atoms. The molecule has 3 amide bonds. The summed E-state index contributed by atoms with van der Waals surface area (Å²) in [5.74, 6) is -4.38. The van der Waals surface area contributed by atoms with Gasteiger partial charge in [0.15, 0.2) is 29.1 Å². The number of Topliss-reactive ketones (excluding diaryl/α,β-unsaturated/α-hetero) is 1. The number of fused-ring (bicyclic) bond motifs is 7. The average molecular weight is 885 g/mol. The normalized spacial score (nSPS) is 34.0. The molecule has 2 aromatic carbocycles. The quantitative estimate of drug-likeness (QED) is 0.132. The van der Waals surface area contributed by atoms with Crippen LogP contribution in [0, 0.1) is 22.7 Å². The highest BCUT2D eigenvalue weighted by molar-refractivity contribution is 6.01. The maximum atomic E-state index is 17.7. The summed E-state index contributed by atoms with van der Waals surface area (Å²) in [6.45, 7) is 5.39. The van der Waals surface area contributed by atoms with Crippen molar-refractivity contribution in [1.82, 2.24) is 20.6 Å². The van der Waals surface area contributed by atoms with Crippen LogP contribution >= 0.6 is 0 Å². The number of nitrogens with zero attached hydrogens (tertiary/aromatic N) is 1. The number of anilines is 1. The van der Waals surface area contributed by atoms with Crippen LogP contribution in [0.5, 0.6) is 0 Å². The fraction of sp³-hybridized carbons (Fsp3) is 0.489. The number of halogens is 2. The Hall–Kier alpha value is -5.46. The van der Waals surface area contributed by atoms with Gasteiger partial charge in [-0.3, -0.25) is 24.0 Å². The number of imidazole rings is 1. The van der Waals surface area contributed by atoms with Crippen molar-refractivity contribution in [1.29, 1.82) is 0 Å². The third kappa shape index (κ3) is 7.40. The van der Waals surface area contributed by atoms with Gasteiger partial charge >= 0.3 is 0 Å². The van der Waals surface area contributed by atoms with E-state index >= 15 is 8.78 Å². The molecule has 4 fully saturated rings. The highest BCUT2D eigenvalue weighted by Gasteiger charge is 2.80. The smallest absolute Gasteiger partial charge is 0.246 e. The number of benzene rings is 2. The summed E-state index contributed by atoms with van der Waals surface area (Å²) in [6.07, 6.45) is 1.76. The Bertz CT molecular complexity index is 2400. The van der Waals surface area contributed by atoms with Gasteiger partial charge in [-0.1, -0.05) is 49.4 Å². The lowest BCUT2D eigenvalue weighted by Gasteiger charge is -2.63. The van der Waals surface area contributed by atoms with E-state index < -0.39 is 113 Å². The van der Waals surface area contributed by atoms with Crippen molar-refractivity contribution in [2.45, 2.75) is 114 Å². The Kier molecular flexibility index (Phi) is 11.9. The van der Waals surface area contributed by atoms with Gasteiger partial charge in [0.05, 0.1) is 24.6 Å². The third-order valence-corrected chi connectivity index (χ3v) is 14.6. The minimum absolute atomic E-state index is 0.00374. The molecule has 8 rings (SSSR count). The number of nitrogens with one attached hydrogen (secondary N) is 4. The van der Waals surface area contributed by atoms with Crippen LogP contribution in [0.2, 0.25) is 0 Å². The lowest BCUT2D eigenvalue weighted by molar-refractivity contribution is -0.235. The van der Waals surface area contributed by atoms with Gasteiger partial charge in [-0.15, -0.1) is 0 Å². The van der Waals surface area contributed by atoms with Crippen LogP contribution in [-0.4, -0.2) is 104 Å². The van der Waals surface area contributed by atoms with E-state index in [9.17, 15) is 34.2 Å². The van der Waals surface area contributed by atoms with Crippen LogP contribution < -0.4 is 21.7 Å². The number of aromatic amines is 1. The second-order valence-electron chi connectivity index (χ2n) is 18.4. The molecule has 1 aromatic heterocycles. The van der Waals surface area contributed by atoms with Crippen molar-refractivity contribution in [3.63, 3.8) is 0 Å². The molecule has 5 aliphatic rings. The molecule has 1 aliphatic heterocycles. The molecule has 3 saturated carbocycles. The van der Waals surface area contributed by atoms with E-state index in [1.807, 2.05) is 18.2 Å². The molecule has 0 unspecified atom stereocenters. The summed E-state index contributed by atoms with van der Waals surface area (Å²) in [5.41, 5.74) is 2.56. The highest BCUT2D eigenvalue weighted by atomic mass is 19.1. The summed E-state index contributed by atoms with van der Waals surface area (Å²) >= 11 is 0. The first-order chi connectivity index (χ1) is 30.3. The zero-order valence-corrected chi connectivity index (χ0v) is 36.0. The molecule has 0 radical (unpaired) electrons. The predicted octanol–water partition coefficient (Wildman–Crippen LogP) is 3.16. The summed E-state index contributed by atoms with van der Waals surface area (Å²) in [5, 5.41) is 30.1. The second kappa shape index (κ2) is 16.8. The first-order valence-electron chi connectivity index (χ1n) is 21.6. The number of hydrogen-bond acceptors (Lipinski definition) is 11. The highest BCUT2D eigenvalue weighted by Crippen LogP contribution is 2.72. The summed E-state index contributed by atoms with van der Waals surface area (Å²) < 4.78 is 46.8. The molecule has 8 N–H and O–H groups in total. The van der Waals surface area contributed by atoms with Crippen LogP contribution in [0.25, 0.3) is 0 Å². The van der Waals surface area contributed by atoms with Crippen molar-refractivity contribution < 1.29 is 52.4 Å². The Morgan fingerprint density at radius 2 is 1.72 bits per heavy atom. The van der Waals surface area contributed by atoms with Crippen molar-refractivity contribution in [3.8, 4) is 0 Å². The number of alkyl halides is 2. The molecule has 340 valence electrons. The van der Waals surface area contributed by atoms with E-state index in [0.717, 1.165) is 17.2 Å². The number of rotatable bonds is 13. The molecule has 17 heteroatoms. The molecule has 13 atom stereocenters. The lowest BCUT2D eigenvalue weighted by atomic mass is 9.44. The number of aliphatic hydroxyl groups is 2. The fourth-order valence-electron chi connectivity index (χ4n) is 11.3. The van der Waals surface area contributed by atoms with Crippen LogP contribution in [-0.2, 0) is 46.3 Å². The molecule has 3 aromatic rings. The molecular formula is C47H54F2N6O9. The molecule has 1 saturated heterocycles. The maximum absolute atomic E-state index is 17.7. The molecule has 4 aliphatic carbocycles. The predicted molar refractivity (Wildman–Crippen MR) is 227 cm³/mol. The average Bonchev–Trinajstić information content (AvgIpc) is 3.98. The number of ether oxygens (including phenoxy) is 2. The summed E-state index contributed by atoms with van der Waals surface area (Å²) in [6, 6.07) is 11.7. The molecule has 15 nitrogen and oxygen atoms in total. The minimum Gasteiger partial charge on any atom is -0.390 e. The first kappa shape index (κ1) is 45.1. The fourth-order valence-corrected chi connectivity index (χ4v) is 11.3. The number of ketones is 2. The van der Waals surface area contributed by atoms with E-state index in [1.54, 1.807) is 43.5 Å². The SMILES string of the molecule is C[C@H](NC(=O)[C@H](C)NC(=O)[C@@H](N)Cc1cnc[nH]1)C(=O)Nc1cccc(Cc2ccc([C@@H]3O[C@@H]4C[C@H]5[C@@H]6C[C@H](F)C7=CC(=O)C=C[C@]7(C)[C@@]6(F)[C@@H](O)C[C@]5(C)[C@]4(C(=O)CO)O3)cc2)c1. The van der Waals surface area contributed by atoms with Crippen molar-refractivity contribution in [2.75, 3.05) is 11.9 Å². The Morgan fingerprint density at radius 3 is 2.42 bits per heavy atom. The van der Waals surface area contributed by atoms with Crippen LogP contribution in [0.15, 0.2) is 84.9 Å². The first-order valence-corrected chi connectivity index (χ1v) is 21.6. The Labute approximate surface area is 368 Å². The van der Waals surface area contributed by atoms with Gasteiger partial charge in [-0.25, -0.2) is 13.8 Å². The van der Waals surface area contributed by atoms with Crippen LogP contribution in [0.4, 0.5) is 14.5 Å². The van der Waals surface area contributed by atoms with E-state index in [0.29, 0.717) is 23.4 Å². The van der Waals surface area contributed by atoms with Crippen molar-refractivity contribution in [2.24, 2.45) is 28.4 Å². The lowest BCUT2D eigenvalue weighted by Crippen LogP contribution is -2.70. The van der Waals surface area contributed by atoms with Gasteiger partial charge in [0, 0.05) is 46.3 Å². The van der Waals surface area contributed by atoms with Crippen LogP contribution in [0.1, 0.15) is 75.6 Å². The van der Waals surface area contributed by atoms with Gasteiger partial charge < -0.3 is 46.4 Å². The van der Waals surface area contributed by atoms with Gasteiger partial charge in [0.2, 0.25) is 17.7 Å². The monoisotopic (exact) mass is 884 g/mol. The van der Waals surface area contributed by atoms with Gasteiger partial charge in [0.1, 0.15) is 24.9 Å². The van der Waals surface area contributed by atoms with Crippen molar-refractivity contribution in [3.05, 3.63) is 107 Å². The summed E-state index contributed by atoms with van der Waals surface area (Å²) in [4.78, 5) is 71.4. The zero-order chi connectivity index (χ0) is 45.9. The number of aliphatic hydroxyl groups excluding tert-OH is 2. The molecule has 0 bridgehead atoms. The second-order valence-corrected chi connectivity index (χ2v) is 18.4. The number of carbonyl (C=O) groups excluding carboxylic acids is 5. The summed E-state index contributed by atoms with van der Waals surface area (Å²) in [7, 11) is 0. The number of amides is 3. The number of nitrogens with two attached hydrogens (primary N) is 1. The molecule has 0 spiro atoms. The van der Waals surface area contributed by atoms with Gasteiger partial charge in [0.25, 0.3) is 0 Å².